The van der Waals surface area contributed by atoms with Crippen molar-refractivity contribution in [1.29, 1.82) is 0 Å². The van der Waals surface area contributed by atoms with Gasteiger partial charge in [0.1, 0.15) is 5.60 Å². The monoisotopic (exact) mass is 306 g/mol. The fourth-order valence-electron chi connectivity index (χ4n) is 2.14. The van der Waals surface area contributed by atoms with E-state index in [0.717, 1.165) is 11.3 Å². The molecule has 1 aliphatic rings. The number of rotatable bonds is 5. The molecule has 0 saturated heterocycles. The molecule has 0 unspecified atom stereocenters. The van der Waals surface area contributed by atoms with Crippen molar-refractivity contribution in [2.75, 3.05) is 25.0 Å². The zero-order valence-corrected chi connectivity index (χ0v) is 14.1. The highest BCUT2D eigenvalue weighted by molar-refractivity contribution is 5.67. The number of nitrogens with zero attached hydrogens (tertiary/aromatic N) is 3. The van der Waals surface area contributed by atoms with Gasteiger partial charge in [-0.05, 0) is 46.1 Å². The van der Waals surface area contributed by atoms with Gasteiger partial charge in [0.2, 0.25) is 5.95 Å². The molecule has 0 aromatic carbocycles. The number of ether oxygens (including phenoxy) is 1. The van der Waals surface area contributed by atoms with Crippen LogP contribution in [0, 0.1) is 6.92 Å². The molecule has 0 atom stereocenters. The lowest BCUT2D eigenvalue weighted by molar-refractivity contribution is 0.0529. The number of likely N-dealkylation sites (N-methyl/N-ethyl adjacent to an activating group) is 1. The van der Waals surface area contributed by atoms with E-state index in [0.29, 0.717) is 25.0 Å². The smallest absolute Gasteiger partial charge is 0.407 e. The molecule has 0 spiro atoms. The summed E-state index contributed by atoms with van der Waals surface area (Å²) in [6, 6.07) is 0. The van der Waals surface area contributed by atoms with Gasteiger partial charge >= 0.3 is 6.09 Å². The Morgan fingerprint density at radius 1 is 1.45 bits per heavy atom. The summed E-state index contributed by atoms with van der Waals surface area (Å²) in [6.07, 6.45) is 3.93. The Labute approximate surface area is 132 Å². The van der Waals surface area contributed by atoms with Crippen molar-refractivity contribution in [3.63, 3.8) is 0 Å². The van der Waals surface area contributed by atoms with Crippen molar-refractivity contribution in [3.8, 4) is 0 Å². The largest absolute Gasteiger partial charge is 0.444 e. The van der Waals surface area contributed by atoms with Crippen LogP contribution < -0.4 is 10.2 Å². The van der Waals surface area contributed by atoms with Crippen molar-refractivity contribution in [1.82, 2.24) is 15.3 Å². The highest BCUT2D eigenvalue weighted by Crippen LogP contribution is 2.40. The number of carbonyl (C=O) groups is 1. The van der Waals surface area contributed by atoms with Crippen LogP contribution in [-0.2, 0) is 4.74 Å². The molecular formula is C16H26N4O2. The Morgan fingerprint density at radius 2 is 2.14 bits per heavy atom. The van der Waals surface area contributed by atoms with Crippen LogP contribution in [-0.4, -0.2) is 41.8 Å². The average Bonchev–Trinajstić information content (AvgIpc) is 3.21. The first-order valence-electron chi connectivity index (χ1n) is 7.78. The number of carbonyl (C=O) groups excluding carboxylic acids is 1. The van der Waals surface area contributed by atoms with Crippen LogP contribution >= 0.6 is 0 Å². The molecule has 1 N–H and O–H groups in total. The standard InChI is InChI=1S/C16H26N4O2/c1-11-10-18-14(19-13(11)12-6-7-12)20(5)9-8-17-15(21)22-16(2,3)4/h10,12H,6-9H2,1-5H3,(H,17,21). The molecule has 6 heteroatoms. The molecule has 1 aromatic rings. The number of anilines is 1. The van der Waals surface area contributed by atoms with Crippen LogP contribution in [0.15, 0.2) is 6.20 Å². The van der Waals surface area contributed by atoms with Gasteiger partial charge in [-0.2, -0.15) is 0 Å². The second kappa shape index (κ2) is 6.50. The topological polar surface area (TPSA) is 67.4 Å². The Balaban J connectivity index is 1.83. The van der Waals surface area contributed by atoms with Crippen LogP contribution in [0.3, 0.4) is 0 Å². The van der Waals surface area contributed by atoms with Crippen molar-refractivity contribution >= 4 is 12.0 Å². The van der Waals surface area contributed by atoms with Gasteiger partial charge < -0.3 is 15.0 Å². The predicted molar refractivity (Wildman–Crippen MR) is 86.3 cm³/mol. The summed E-state index contributed by atoms with van der Waals surface area (Å²) in [6.45, 7) is 8.71. The molecule has 22 heavy (non-hydrogen) atoms. The van der Waals surface area contributed by atoms with Gasteiger partial charge in [0.05, 0.1) is 5.69 Å². The maximum Gasteiger partial charge on any atom is 0.407 e. The van der Waals surface area contributed by atoms with E-state index in [1.807, 2.05) is 38.9 Å². The molecule has 1 heterocycles. The molecule has 1 saturated carbocycles. The molecule has 1 fully saturated rings. The molecule has 1 aliphatic carbocycles. The molecule has 2 rings (SSSR count). The molecule has 1 aromatic heterocycles. The van der Waals surface area contributed by atoms with Gasteiger partial charge in [-0.15, -0.1) is 0 Å². The number of amides is 1. The first-order valence-corrected chi connectivity index (χ1v) is 7.78. The molecule has 0 radical (unpaired) electrons. The van der Waals surface area contributed by atoms with E-state index in [2.05, 4.69) is 22.2 Å². The van der Waals surface area contributed by atoms with Gasteiger partial charge in [0.15, 0.2) is 0 Å². The van der Waals surface area contributed by atoms with Crippen molar-refractivity contribution in [3.05, 3.63) is 17.5 Å². The van der Waals surface area contributed by atoms with Gasteiger partial charge in [-0.3, -0.25) is 0 Å². The average molecular weight is 306 g/mol. The molecule has 6 nitrogen and oxygen atoms in total. The fraction of sp³-hybridized carbons (Fsp3) is 0.688. The van der Waals surface area contributed by atoms with Gasteiger partial charge in [0.25, 0.3) is 0 Å². The highest BCUT2D eigenvalue weighted by Gasteiger charge is 2.27. The third kappa shape index (κ3) is 4.86. The van der Waals surface area contributed by atoms with Crippen LogP contribution in [0.5, 0.6) is 0 Å². The van der Waals surface area contributed by atoms with Crippen molar-refractivity contribution < 1.29 is 9.53 Å². The van der Waals surface area contributed by atoms with Crippen molar-refractivity contribution in [2.45, 2.75) is 52.1 Å². The number of hydrogen-bond donors (Lipinski definition) is 1. The van der Waals surface area contributed by atoms with E-state index >= 15 is 0 Å². The van der Waals surface area contributed by atoms with Crippen LogP contribution in [0.4, 0.5) is 10.7 Å². The fourth-order valence-corrected chi connectivity index (χ4v) is 2.14. The highest BCUT2D eigenvalue weighted by atomic mass is 16.6. The summed E-state index contributed by atoms with van der Waals surface area (Å²) in [5, 5.41) is 2.74. The maximum atomic E-state index is 11.6. The molecule has 122 valence electrons. The Hall–Kier alpha value is -1.85. The minimum atomic E-state index is -0.477. The zero-order valence-electron chi connectivity index (χ0n) is 14.1. The summed E-state index contributed by atoms with van der Waals surface area (Å²) in [4.78, 5) is 22.6. The predicted octanol–water partition coefficient (Wildman–Crippen LogP) is 2.62. The summed E-state index contributed by atoms with van der Waals surface area (Å²) >= 11 is 0. The zero-order chi connectivity index (χ0) is 16.3. The maximum absolute atomic E-state index is 11.6. The van der Waals surface area contributed by atoms with E-state index < -0.39 is 11.7 Å². The van der Waals surface area contributed by atoms with Crippen LogP contribution in [0.1, 0.15) is 50.8 Å². The first-order chi connectivity index (χ1) is 10.3. The molecule has 0 bridgehead atoms. The number of nitrogens with one attached hydrogen (secondary N) is 1. The number of hydrogen-bond acceptors (Lipinski definition) is 5. The lowest BCUT2D eigenvalue weighted by Crippen LogP contribution is -2.37. The summed E-state index contributed by atoms with van der Waals surface area (Å²) < 4.78 is 5.20. The SMILES string of the molecule is Cc1cnc(N(C)CCNC(=O)OC(C)(C)C)nc1C1CC1. The third-order valence-electron chi connectivity index (χ3n) is 3.42. The second-order valence-corrected chi connectivity index (χ2v) is 6.86. The molecule has 1 amide bonds. The normalized spacial score (nSPS) is 14.6. The van der Waals surface area contributed by atoms with Crippen LogP contribution in [0.25, 0.3) is 0 Å². The van der Waals surface area contributed by atoms with E-state index in [9.17, 15) is 4.79 Å². The molecular weight excluding hydrogens is 280 g/mol. The van der Waals surface area contributed by atoms with Crippen molar-refractivity contribution in [2.24, 2.45) is 0 Å². The Kier molecular flexibility index (Phi) is 4.88. The number of aryl methyl sites for hydroxylation is 1. The van der Waals surface area contributed by atoms with E-state index in [1.54, 1.807) is 0 Å². The lowest BCUT2D eigenvalue weighted by Gasteiger charge is -2.21. The first kappa shape index (κ1) is 16.5. The van der Waals surface area contributed by atoms with Gasteiger partial charge in [0, 0.05) is 32.3 Å². The minimum absolute atomic E-state index is 0.399. The summed E-state index contributed by atoms with van der Waals surface area (Å²) in [5.74, 6) is 1.31. The van der Waals surface area contributed by atoms with Crippen LogP contribution in [0.2, 0.25) is 0 Å². The number of aromatic nitrogens is 2. The molecule has 0 aliphatic heterocycles. The summed E-state index contributed by atoms with van der Waals surface area (Å²) in [7, 11) is 1.93. The van der Waals surface area contributed by atoms with Gasteiger partial charge in [-0.25, -0.2) is 14.8 Å². The quantitative estimate of drug-likeness (QED) is 0.905. The van der Waals surface area contributed by atoms with Gasteiger partial charge in [-0.1, -0.05) is 0 Å². The lowest BCUT2D eigenvalue weighted by atomic mass is 10.2. The third-order valence-corrected chi connectivity index (χ3v) is 3.42. The van der Waals surface area contributed by atoms with E-state index in [1.165, 1.54) is 12.8 Å². The summed E-state index contributed by atoms with van der Waals surface area (Å²) in [5.41, 5.74) is 1.85. The Morgan fingerprint density at radius 3 is 2.73 bits per heavy atom. The number of alkyl carbamates (subject to hydrolysis) is 1. The second-order valence-electron chi connectivity index (χ2n) is 6.86. The minimum Gasteiger partial charge on any atom is -0.444 e. The van der Waals surface area contributed by atoms with E-state index in [4.69, 9.17) is 4.74 Å². The van der Waals surface area contributed by atoms with E-state index in [-0.39, 0.29) is 0 Å². The Bertz CT molecular complexity index is 535.